The third-order valence-electron chi connectivity index (χ3n) is 7.44. The summed E-state index contributed by atoms with van der Waals surface area (Å²) in [4.78, 5) is 0. The molecule has 0 unspecified atom stereocenters. The minimum Gasteiger partial charge on any atom is -1.00 e. The molecule has 0 heterocycles. The summed E-state index contributed by atoms with van der Waals surface area (Å²) in [6.07, 6.45) is 7.13. The Kier molecular flexibility index (Phi) is 7.74. The van der Waals surface area contributed by atoms with Crippen LogP contribution in [0.3, 0.4) is 0 Å². The average molecular weight is 516 g/mol. The number of methoxy groups -OCH3 is 1. The van der Waals surface area contributed by atoms with Crippen LogP contribution in [0.5, 0.6) is 11.5 Å². The minimum atomic E-state index is 0. The Labute approximate surface area is 211 Å². The van der Waals surface area contributed by atoms with Gasteiger partial charge in [-0.15, -0.1) is 0 Å². The van der Waals surface area contributed by atoms with Crippen molar-refractivity contribution in [3.63, 3.8) is 0 Å². The first-order valence-corrected chi connectivity index (χ1v) is 12.3. The minimum absolute atomic E-state index is 0. The standard InChI is InChI=1S/C25H28Cl3NO2.ClH/c1-30-23-10-16(12-29-24-18-5-14-4-15(7-18)8-19(24)6-14)9-22(28)25(23)31-13-17-2-3-20(26)11-21(17)27;/h2-3,9-11,14-15,18-19,24,29H,4-8,12-13H2,1H3;1H/p-1. The number of hydrogen-bond acceptors (Lipinski definition) is 3. The summed E-state index contributed by atoms with van der Waals surface area (Å²) >= 11 is 18.8. The second-order valence-corrected chi connectivity index (χ2v) is 10.7. The van der Waals surface area contributed by atoms with Crippen LogP contribution in [0.15, 0.2) is 30.3 Å². The Morgan fingerprint density at radius 2 is 1.59 bits per heavy atom. The van der Waals surface area contributed by atoms with Crippen LogP contribution in [0.2, 0.25) is 15.1 Å². The van der Waals surface area contributed by atoms with Crippen molar-refractivity contribution in [2.45, 2.75) is 51.3 Å². The molecule has 0 spiro atoms. The molecular formula is C25H28Cl4NO2-. The highest BCUT2D eigenvalue weighted by Crippen LogP contribution is 2.53. The molecule has 4 saturated carbocycles. The zero-order valence-corrected chi connectivity index (χ0v) is 21.1. The van der Waals surface area contributed by atoms with Crippen molar-refractivity contribution in [1.29, 1.82) is 0 Å². The van der Waals surface area contributed by atoms with Crippen molar-refractivity contribution in [3.8, 4) is 11.5 Å². The maximum absolute atomic E-state index is 6.60. The van der Waals surface area contributed by atoms with Crippen LogP contribution in [0.4, 0.5) is 0 Å². The normalized spacial score (nSPS) is 27.8. The van der Waals surface area contributed by atoms with E-state index in [2.05, 4.69) is 5.32 Å². The molecule has 3 nitrogen and oxygen atoms in total. The number of nitrogens with one attached hydrogen (secondary N) is 1. The lowest BCUT2D eigenvalue weighted by molar-refractivity contribution is -0.0142. The molecule has 0 atom stereocenters. The molecular weight excluding hydrogens is 488 g/mol. The van der Waals surface area contributed by atoms with Gasteiger partial charge in [0.25, 0.3) is 0 Å². The van der Waals surface area contributed by atoms with E-state index in [1.807, 2.05) is 18.2 Å². The van der Waals surface area contributed by atoms with E-state index in [0.717, 1.165) is 41.3 Å². The fraction of sp³-hybridized carbons (Fsp3) is 0.520. The van der Waals surface area contributed by atoms with Gasteiger partial charge < -0.3 is 27.2 Å². The fourth-order valence-electron chi connectivity index (χ4n) is 6.30. The molecule has 4 fully saturated rings. The van der Waals surface area contributed by atoms with E-state index in [4.69, 9.17) is 44.3 Å². The smallest absolute Gasteiger partial charge is 0.180 e. The molecule has 1 N–H and O–H groups in total. The van der Waals surface area contributed by atoms with E-state index in [0.29, 0.717) is 32.6 Å². The van der Waals surface area contributed by atoms with Gasteiger partial charge >= 0.3 is 0 Å². The third kappa shape index (κ3) is 4.98. The lowest BCUT2D eigenvalue weighted by Gasteiger charge is -2.54. The van der Waals surface area contributed by atoms with E-state index in [9.17, 15) is 0 Å². The van der Waals surface area contributed by atoms with Crippen molar-refractivity contribution in [2.24, 2.45) is 23.7 Å². The number of halogens is 4. The summed E-state index contributed by atoms with van der Waals surface area (Å²) in [5.41, 5.74) is 1.96. The van der Waals surface area contributed by atoms with Gasteiger partial charge in [-0.1, -0.05) is 40.9 Å². The van der Waals surface area contributed by atoms with E-state index >= 15 is 0 Å². The quantitative estimate of drug-likeness (QED) is 0.600. The SMILES string of the molecule is COc1cc(CNC2C3CC4CC(C3)CC2C4)cc(Cl)c1OCc1ccc(Cl)cc1Cl.[Cl-]. The van der Waals surface area contributed by atoms with E-state index in [-0.39, 0.29) is 19.0 Å². The summed E-state index contributed by atoms with van der Waals surface area (Å²) in [5.74, 6) is 4.84. The summed E-state index contributed by atoms with van der Waals surface area (Å²) in [6.45, 7) is 1.09. The van der Waals surface area contributed by atoms with Gasteiger partial charge in [0.15, 0.2) is 11.5 Å². The van der Waals surface area contributed by atoms with Crippen molar-refractivity contribution in [1.82, 2.24) is 5.32 Å². The lowest BCUT2D eigenvalue weighted by atomic mass is 9.54. The van der Waals surface area contributed by atoms with Crippen LogP contribution in [0, 0.1) is 23.7 Å². The second kappa shape index (κ2) is 10.2. The molecule has 2 aromatic rings. The first kappa shape index (κ1) is 24.3. The summed E-state index contributed by atoms with van der Waals surface area (Å²) < 4.78 is 11.6. The second-order valence-electron chi connectivity index (χ2n) is 9.47. The summed E-state index contributed by atoms with van der Waals surface area (Å²) in [6, 6.07) is 10.00. The summed E-state index contributed by atoms with van der Waals surface area (Å²) in [5, 5.41) is 5.58. The number of benzene rings is 2. The Hall–Kier alpha value is -0.840. The predicted molar refractivity (Wildman–Crippen MR) is 126 cm³/mol. The zero-order chi connectivity index (χ0) is 21.5. The average Bonchev–Trinajstić information content (AvgIpc) is 2.72. The van der Waals surface area contributed by atoms with Gasteiger partial charge in [0.2, 0.25) is 0 Å². The Morgan fingerprint density at radius 3 is 2.22 bits per heavy atom. The largest absolute Gasteiger partial charge is 1.00 e. The molecule has 0 saturated heterocycles. The van der Waals surface area contributed by atoms with Gasteiger partial charge in [-0.3, -0.25) is 0 Å². The molecule has 32 heavy (non-hydrogen) atoms. The van der Waals surface area contributed by atoms with Crippen molar-refractivity contribution in [2.75, 3.05) is 7.11 Å². The van der Waals surface area contributed by atoms with Crippen molar-refractivity contribution in [3.05, 3.63) is 56.5 Å². The van der Waals surface area contributed by atoms with E-state index < -0.39 is 0 Å². The molecule has 4 aliphatic rings. The van der Waals surface area contributed by atoms with Crippen LogP contribution in [0.1, 0.15) is 43.2 Å². The fourth-order valence-corrected chi connectivity index (χ4v) is 7.05. The zero-order valence-electron chi connectivity index (χ0n) is 18.1. The molecule has 174 valence electrons. The predicted octanol–water partition coefficient (Wildman–Crippen LogP) is 4.15. The lowest BCUT2D eigenvalue weighted by Crippen LogP contribution is -3.00. The highest BCUT2D eigenvalue weighted by atomic mass is 35.5. The molecule has 4 bridgehead atoms. The van der Waals surface area contributed by atoms with Gasteiger partial charge in [-0.25, -0.2) is 0 Å². The maximum Gasteiger partial charge on any atom is 0.180 e. The van der Waals surface area contributed by atoms with Crippen LogP contribution < -0.4 is 27.2 Å². The van der Waals surface area contributed by atoms with Gasteiger partial charge in [0, 0.05) is 28.2 Å². The topological polar surface area (TPSA) is 30.5 Å². The first-order valence-electron chi connectivity index (χ1n) is 11.2. The molecule has 0 amide bonds. The van der Waals surface area contributed by atoms with Gasteiger partial charge in [-0.2, -0.15) is 0 Å². The van der Waals surface area contributed by atoms with Crippen LogP contribution in [-0.4, -0.2) is 13.2 Å². The van der Waals surface area contributed by atoms with Crippen LogP contribution in [-0.2, 0) is 13.2 Å². The number of rotatable bonds is 7. The van der Waals surface area contributed by atoms with Gasteiger partial charge in [0.05, 0.1) is 12.1 Å². The summed E-state index contributed by atoms with van der Waals surface area (Å²) in [7, 11) is 1.64. The number of hydrogen-bond donors (Lipinski definition) is 1. The Morgan fingerprint density at radius 1 is 0.906 bits per heavy atom. The van der Waals surface area contributed by atoms with E-state index in [1.165, 1.54) is 32.1 Å². The van der Waals surface area contributed by atoms with Gasteiger partial charge in [-0.05, 0) is 85.6 Å². The van der Waals surface area contributed by atoms with Crippen LogP contribution >= 0.6 is 34.8 Å². The van der Waals surface area contributed by atoms with Crippen LogP contribution in [0.25, 0.3) is 0 Å². The molecule has 0 aromatic heterocycles. The first-order chi connectivity index (χ1) is 15.0. The Bertz CT molecular complexity index is 939. The van der Waals surface area contributed by atoms with Crippen molar-refractivity contribution < 1.29 is 21.9 Å². The molecule has 0 radical (unpaired) electrons. The van der Waals surface area contributed by atoms with Gasteiger partial charge in [0.1, 0.15) is 6.61 Å². The highest BCUT2D eigenvalue weighted by molar-refractivity contribution is 6.35. The Balaban J connectivity index is 0.00000245. The highest BCUT2D eigenvalue weighted by Gasteiger charge is 2.47. The molecule has 2 aromatic carbocycles. The molecule has 0 aliphatic heterocycles. The van der Waals surface area contributed by atoms with E-state index in [1.54, 1.807) is 19.2 Å². The number of ether oxygens (including phenoxy) is 2. The van der Waals surface area contributed by atoms with Crippen molar-refractivity contribution >= 4 is 34.8 Å². The molecule has 7 heteroatoms. The molecule has 6 rings (SSSR count). The molecule has 4 aliphatic carbocycles. The third-order valence-corrected chi connectivity index (χ3v) is 8.31. The monoisotopic (exact) mass is 514 g/mol. The maximum atomic E-state index is 6.60.